The second-order valence-electron chi connectivity index (χ2n) is 2.61. The second kappa shape index (κ2) is 3.45. The predicted octanol–water partition coefficient (Wildman–Crippen LogP) is 2.47. The smallest absolute Gasteiger partial charge is 0.151 e. The van der Waals surface area contributed by atoms with Crippen molar-refractivity contribution in [3.8, 4) is 9.88 Å². The number of hydrazine groups is 1. The van der Waals surface area contributed by atoms with Crippen LogP contribution < -0.4 is 11.3 Å². The number of nitrogens with two attached hydrogens (primary N) is 1. The maximum atomic E-state index is 5.25. The molecule has 2 aromatic rings. The number of aromatic nitrogens is 1. The predicted molar refractivity (Wildman–Crippen MR) is 58.0 cm³/mol. The number of hydrogen-bond acceptors (Lipinski definition) is 5. The molecule has 0 saturated carbocycles. The summed E-state index contributed by atoms with van der Waals surface area (Å²) in [6.45, 7) is 2.09. The zero-order valence-electron chi connectivity index (χ0n) is 7.07. The first-order valence-electron chi connectivity index (χ1n) is 3.78. The molecule has 0 aliphatic heterocycles. The fourth-order valence-corrected chi connectivity index (χ4v) is 2.90. The zero-order chi connectivity index (χ0) is 9.26. The standard InChI is InChI=1S/C8H9N3S2/c1-5-2-3-12-7(5)8-10-6(11-9)4-13-8/h2-4,11H,9H2,1H3. The molecule has 13 heavy (non-hydrogen) atoms. The highest BCUT2D eigenvalue weighted by molar-refractivity contribution is 7.20. The fraction of sp³-hybridized carbons (Fsp3) is 0.125. The van der Waals surface area contributed by atoms with Crippen LogP contribution >= 0.6 is 22.7 Å². The summed E-state index contributed by atoms with van der Waals surface area (Å²) in [5.74, 6) is 5.98. The third kappa shape index (κ3) is 1.58. The summed E-state index contributed by atoms with van der Waals surface area (Å²) >= 11 is 3.31. The third-order valence-electron chi connectivity index (χ3n) is 1.71. The van der Waals surface area contributed by atoms with Gasteiger partial charge in [-0.2, -0.15) is 0 Å². The lowest BCUT2D eigenvalue weighted by Crippen LogP contribution is -2.06. The Morgan fingerprint density at radius 2 is 2.31 bits per heavy atom. The molecule has 0 atom stereocenters. The minimum absolute atomic E-state index is 0.729. The Morgan fingerprint density at radius 3 is 2.85 bits per heavy atom. The molecule has 0 bridgehead atoms. The monoisotopic (exact) mass is 211 g/mol. The number of rotatable bonds is 2. The Morgan fingerprint density at radius 1 is 1.46 bits per heavy atom. The third-order valence-corrected chi connectivity index (χ3v) is 3.72. The van der Waals surface area contributed by atoms with Gasteiger partial charge in [-0.05, 0) is 23.9 Å². The quantitative estimate of drug-likeness (QED) is 0.592. The summed E-state index contributed by atoms with van der Waals surface area (Å²) in [7, 11) is 0. The van der Waals surface area contributed by atoms with Crippen molar-refractivity contribution in [3.63, 3.8) is 0 Å². The van der Waals surface area contributed by atoms with Crippen molar-refractivity contribution in [2.75, 3.05) is 5.43 Å². The number of thiazole rings is 1. The Hall–Kier alpha value is -0.910. The molecule has 2 rings (SSSR count). The Kier molecular flexibility index (Phi) is 2.30. The molecule has 0 aromatic carbocycles. The molecule has 0 radical (unpaired) electrons. The molecular weight excluding hydrogens is 202 g/mol. The summed E-state index contributed by atoms with van der Waals surface area (Å²) in [5.41, 5.74) is 3.80. The van der Waals surface area contributed by atoms with Crippen molar-refractivity contribution in [2.24, 2.45) is 5.84 Å². The van der Waals surface area contributed by atoms with E-state index in [1.165, 1.54) is 10.4 Å². The van der Waals surface area contributed by atoms with E-state index >= 15 is 0 Å². The van der Waals surface area contributed by atoms with Gasteiger partial charge >= 0.3 is 0 Å². The number of nitrogens with zero attached hydrogens (tertiary/aromatic N) is 1. The van der Waals surface area contributed by atoms with Gasteiger partial charge in [0.2, 0.25) is 0 Å². The van der Waals surface area contributed by atoms with Crippen LogP contribution in [0.2, 0.25) is 0 Å². The van der Waals surface area contributed by atoms with Gasteiger partial charge in [-0.25, -0.2) is 10.8 Å². The van der Waals surface area contributed by atoms with Crippen molar-refractivity contribution < 1.29 is 0 Å². The van der Waals surface area contributed by atoms with Crippen molar-refractivity contribution in [1.29, 1.82) is 0 Å². The van der Waals surface area contributed by atoms with E-state index in [0.717, 1.165) is 10.8 Å². The molecule has 2 aromatic heterocycles. The van der Waals surface area contributed by atoms with Crippen molar-refractivity contribution in [1.82, 2.24) is 4.98 Å². The van der Waals surface area contributed by atoms with Crippen LogP contribution in [0.1, 0.15) is 5.56 Å². The van der Waals surface area contributed by atoms with Gasteiger partial charge in [0, 0.05) is 5.38 Å². The minimum atomic E-state index is 0.729. The lowest BCUT2D eigenvalue weighted by atomic mass is 10.3. The average molecular weight is 211 g/mol. The Labute approximate surface area is 84.2 Å². The topological polar surface area (TPSA) is 50.9 Å². The molecule has 0 aliphatic carbocycles. The lowest BCUT2D eigenvalue weighted by molar-refractivity contribution is 1.27. The van der Waals surface area contributed by atoms with E-state index < -0.39 is 0 Å². The first kappa shape index (κ1) is 8.68. The van der Waals surface area contributed by atoms with Gasteiger partial charge in [0.25, 0.3) is 0 Å². The van der Waals surface area contributed by atoms with E-state index in [2.05, 4.69) is 28.8 Å². The summed E-state index contributed by atoms with van der Waals surface area (Å²) in [5, 5.41) is 5.01. The summed E-state index contributed by atoms with van der Waals surface area (Å²) in [6, 6.07) is 2.09. The second-order valence-corrected chi connectivity index (χ2v) is 4.39. The first-order valence-corrected chi connectivity index (χ1v) is 5.54. The van der Waals surface area contributed by atoms with Crippen molar-refractivity contribution in [2.45, 2.75) is 6.92 Å². The average Bonchev–Trinajstić information content (AvgIpc) is 2.71. The highest BCUT2D eigenvalue weighted by atomic mass is 32.1. The molecule has 2 heterocycles. The van der Waals surface area contributed by atoms with Crippen molar-refractivity contribution in [3.05, 3.63) is 22.4 Å². The van der Waals surface area contributed by atoms with Crippen LogP contribution in [0.25, 0.3) is 9.88 Å². The van der Waals surface area contributed by atoms with Crippen LogP contribution in [0, 0.1) is 6.92 Å². The van der Waals surface area contributed by atoms with Crippen LogP contribution in [-0.4, -0.2) is 4.98 Å². The Balaban J connectivity index is 2.41. The molecule has 0 unspecified atom stereocenters. The molecule has 0 saturated heterocycles. The van der Waals surface area contributed by atoms with E-state index in [1.807, 2.05) is 5.38 Å². The maximum absolute atomic E-state index is 5.25. The van der Waals surface area contributed by atoms with Gasteiger partial charge in [-0.15, -0.1) is 22.7 Å². The Bertz CT molecular complexity index is 405. The van der Waals surface area contributed by atoms with E-state index in [-0.39, 0.29) is 0 Å². The molecular formula is C8H9N3S2. The van der Waals surface area contributed by atoms with Crippen LogP contribution in [0.3, 0.4) is 0 Å². The highest BCUT2D eigenvalue weighted by Crippen LogP contribution is 2.32. The van der Waals surface area contributed by atoms with E-state index in [1.54, 1.807) is 22.7 Å². The van der Waals surface area contributed by atoms with Gasteiger partial charge in [0.15, 0.2) is 5.82 Å². The lowest BCUT2D eigenvalue weighted by Gasteiger charge is -1.92. The summed E-state index contributed by atoms with van der Waals surface area (Å²) < 4.78 is 0. The van der Waals surface area contributed by atoms with Crippen LogP contribution in [-0.2, 0) is 0 Å². The number of hydrogen-bond donors (Lipinski definition) is 2. The molecule has 3 nitrogen and oxygen atoms in total. The van der Waals surface area contributed by atoms with Gasteiger partial charge < -0.3 is 5.43 Å². The van der Waals surface area contributed by atoms with Crippen LogP contribution in [0.4, 0.5) is 5.82 Å². The number of anilines is 1. The largest absolute Gasteiger partial charge is 0.308 e. The minimum Gasteiger partial charge on any atom is -0.308 e. The van der Waals surface area contributed by atoms with Gasteiger partial charge in [-0.3, -0.25) is 0 Å². The summed E-state index contributed by atoms with van der Waals surface area (Å²) in [6.07, 6.45) is 0. The van der Waals surface area contributed by atoms with E-state index in [4.69, 9.17) is 5.84 Å². The number of thiophene rings is 1. The van der Waals surface area contributed by atoms with Gasteiger partial charge in [0.1, 0.15) is 5.01 Å². The zero-order valence-corrected chi connectivity index (χ0v) is 8.71. The van der Waals surface area contributed by atoms with Gasteiger partial charge in [-0.1, -0.05) is 0 Å². The number of nitrogens with one attached hydrogen (secondary N) is 1. The summed E-state index contributed by atoms with van der Waals surface area (Å²) in [4.78, 5) is 5.55. The SMILES string of the molecule is Cc1ccsc1-c1nc(NN)cs1. The normalized spacial score (nSPS) is 10.3. The molecule has 0 spiro atoms. The molecule has 0 aliphatic rings. The molecule has 5 heteroatoms. The van der Waals surface area contributed by atoms with Crippen LogP contribution in [0.15, 0.2) is 16.8 Å². The molecule has 68 valence electrons. The molecule has 0 amide bonds. The van der Waals surface area contributed by atoms with Crippen molar-refractivity contribution >= 4 is 28.5 Å². The molecule has 0 fully saturated rings. The number of nitrogen functional groups attached to an aromatic ring is 1. The maximum Gasteiger partial charge on any atom is 0.151 e. The first-order chi connectivity index (χ1) is 6.31. The van der Waals surface area contributed by atoms with Crippen LogP contribution in [0.5, 0.6) is 0 Å². The fourth-order valence-electron chi connectivity index (χ4n) is 1.04. The van der Waals surface area contributed by atoms with E-state index in [0.29, 0.717) is 0 Å². The number of aryl methyl sites for hydroxylation is 1. The molecule has 3 N–H and O–H groups in total. The van der Waals surface area contributed by atoms with Gasteiger partial charge in [0.05, 0.1) is 4.88 Å². The highest BCUT2D eigenvalue weighted by Gasteiger charge is 2.07. The van der Waals surface area contributed by atoms with E-state index in [9.17, 15) is 0 Å².